The van der Waals surface area contributed by atoms with Crippen molar-refractivity contribution in [1.29, 1.82) is 0 Å². The molecule has 0 saturated heterocycles. The van der Waals surface area contributed by atoms with Crippen molar-refractivity contribution in [3.05, 3.63) is 16.7 Å². The van der Waals surface area contributed by atoms with Crippen molar-refractivity contribution in [3.63, 3.8) is 0 Å². The van der Waals surface area contributed by atoms with Gasteiger partial charge in [0.2, 0.25) is 5.88 Å². The van der Waals surface area contributed by atoms with Gasteiger partial charge in [-0.25, -0.2) is 4.98 Å². The molecule has 0 bridgehead atoms. The van der Waals surface area contributed by atoms with Gasteiger partial charge in [-0.05, 0) is 22.0 Å². The lowest BCUT2D eigenvalue weighted by Gasteiger charge is -2.09. The normalized spacial score (nSPS) is 11.1. The monoisotopic (exact) mass is 298 g/mol. The number of aromatic nitrogens is 1. The van der Waals surface area contributed by atoms with E-state index in [4.69, 9.17) is 4.74 Å². The zero-order valence-corrected chi connectivity index (χ0v) is 9.52. The zero-order chi connectivity index (χ0) is 12.3. The maximum absolute atomic E-state index is 11.9. The summed E-state index contributed by atoms with van der Waals surface area (Å²) in [7, 11) is 1.36. The van der Waals surface area contributed by atoms with Crippen molar-refractivity contribution >= 4 is 27.5 Å². The van der Waals surface area contributed by atoms with E-state index in [0.29, 0.717) is 0 Å². The first-order chi connectivity index (χ1) is 7.34. The number of pyridine rings is 1. The van der Waals surface area contributed by atoms with Crippen LogP contribution in [0.4, 0.5) is 18.9 Å². The fourth-order valence-electron chi connectivity index (χ4n) is 0.818. The zero-order valence-electron chi connectivity index (χ0n) is 7.93. The van der Waals surface area contributed by atoms with Gasteiger partial charge in [-0.15, -0.1) is 0 Å². The maximum Gasteiger partial charge on any atom is 0.471 e. The van der Waals surface area contributed by atoms with Gasteiger partial charge in [0.1, 0.15) is 4.60 Å². The third-order valence-corrected chi connectivity index (χ3v) is 2.14. The minimum absolute atomic E-state index is 0.0597. The Labute approximate surface area is 96.9 Å². The van der Waals surface area contributed by atoms with Crippen LogP contribution in [0.15, 0.2) is 16.7 Å². The number of alkyl halides is 3. The molecule has 0 aliphatic carbocycles. The molecule has 1 rings (SSSR count). The van der Waals surface area contributed by atoms with E-state index in [9.17, 15) is 18.0 Å². The number of hydrogen-bond acceptors (Lipinski definition) is 3. The minimum Gasteiger partial charge on any atom is -0.481 e. The van der Waals surface area contributed by atoms with E-state index >= 15 is 0 Å². The number of ether oxygens (including phenoxy) is 1. The lowest BCUT2D eigenvalue weighted by atomic mass is 10.4. The van der Waals surface area contributed by atoms with E-state index < -0.39 is 12.1 Å². The van der Waals surface area contributed by atoms with E-state index in [2.05, 4.69) is 20.9 Å². The predicted octanol–water partition coefficient (Wildman–Crippen LogP) is 2.35. The second kappa shape index (κ2) is 4.69. The molecule has 1 aromatic heterocycles. The molecule has 0 atom stereocenters. The SMILES string of the molecule is COc1ccc(NC(=O)C(F)(F)F)c(Br)n1. The highest BCUT2D eigenvalue weighted by atomic mass is 79.9. The summed E-state index contributed by atoms with van der Waals surface area (Å²) in [5, 5.41) is 1.67. The number of nitrogens with one attached hydrogen (secondary N) is 1. The van der Waals surface area contributed by atoms with Crippen LogP contribution < -0.4 is 10.1 Å². The Balaban J connectivity index is 2.87. The number of amides is 1. The third-order valence-electron chi connectivity index (χ3n) is 1.54. The highest BCUT2D eigenvalue weighted by Gasteiger charge is 2.39. The first-order valence-corrected chi connectivity index (χ1v) is 4.72. The maximum atomic E-state index is 11.9. The second-order valence-electron chi connectivity index (χ2n) is 2.64. The molecule has 88 valence electrons. The molecular weight excluding hydrogens is 293 g/mol. The number of methoxy groups -OCH3 is 1. The van der Waals surface area contributed by atoms with E-state index in [1.54, 1.807) is 5.32 Å². The number of rotatable bonds is 2. The second-order valence-corrected chi connectivity index (χ2v) is 3.40. The molecule has 0 unspecified atom stereocenters. The summed E-state index contributed by atoms with van der Waals surface area (Å²) in [5.41, 5.74) is -0.0804. The molecular formula is C8H6BrF3N2O2. The number of hydrogen-bond donors (Lipinski definition) is 1. The number of halogens is 4. The average Bonchev–Trinajstić information content (AvgIpc) is 2.19. The molecule has 8 heteroatoms. The van der Waals surface area contributed by atoms with Gasteiger partial charge >= 0.3 is 12.1 Å². The largest absolute Gasteiger partial charge is 0.481 e. The molecule has 0 spiro atoms. The minimum atomic E-state index is -4.93. The van der Waals surface area contributed by atoms with Crippen LogP contribution in [0.25, 0.3) is 0 Å². The quantitative estimate of drug-likeness (QED) is 0.853. The van der Waals surface area contributed by atoms with Crippen molar-refractivity contribution in [2.75, 3.05) is 12.4 Å². The van der Waals surface area contributed by atoms with Gasteiger partial charge in [-0.3, -0.25) is 4.79 Å². The average molecular weight is 299 g/mol. The van der Waals surface area contributed by atoms with Gasteiger partial charge in [0, 0.05) is 6.07 Å². The molecule has 4 nitrogen and oxygen atoms in total. The lowest BCUT2D eigenvalue weighted by Crippen LogP contribution is -2.30. The fourth-order valence-corrected chi connectivity index (χ4v) is 1.22. The Kier molecular flexibility index (Phi) is 3.74. The van der Waals surface area contributed by atoms with E-state index in [0.717, 1.165) is 0 Å². The van der Waals surface area contributed by atoms with Crippen LogP contribution in [0.1, 0.15) is 0 Å². The van der Waals surface area contributed by atoms with Crippen LogP contribution in [0.5, 0.6) is 5.88 Å². The molecule has 0 aromatic carbocycles. The van der Waals surface area contributed by atoms with Gasteiger partial charge in [0.05, 0.1) is 12.8 Å². The fraction of sp³-hybridized carbons (Fsp3) is 0.250. The molecule has 0 saturated carbocycles. The molecule has 0 aliphatic heterocycles. The third kappa shape index (κ3) is 3.09. The Hall–Kier alpha value is -1.31. The lowest BCUT2D eigenvalue weighted by molar-refractivity contribution is -0.167. The first-order valence-electron chi connectivity index (χ1n) is 3.93. The molecule has 0 fully saturated rings. The molecule has 1 N–H and O–H groups in total. The van der Waals surface area contributed by atoms with Crippen molar-refractivity contribution in [1.82, 2.24) is 4.98 Å². The molecule has 1 amide bonds. The van der Waals surface area contributed by atoms with E-state index in [1.807, 2.05) is 0 Å². The summed E-state index contributed by atoms with van der Waals surface area (Å²) in [6.07, 6.45) is -4.93. The number of anilines is 1. The summed E-state index contributed by atoms with van der Waals surface area (Å²) in [6, 6.07) is 2.58. The van der Waals surface area contributed by atoms with Crippen LogP contribution >= 0.6 is 15.9 Å². The van der Waals surface area contributed by atoms with Crippen LogP contribution in [-0.2, 0) is 4.79 Å². The predicted molar refractivity (Wildman–Crippen MR) is 53.2 cm³/mol. The summed E-state index contributed by atoms with van der Waals surface area (Å²) < 4.78 is 40.6. The van der Waals surface area contributed by atoms with Gasteiger partial charge in [0.25, 0.3) is 0 Å². The van der Waals surface area contributed by atoms with E-state index in [1.165, 1.54) is 19.2 Å². The smallest absolute Gasteiger partial charge is 0.471 e. The first kappa shape index (κ1) is 12.8. The van der Waals surface area contributed by atoms with Crippen LogP contribution in [0.3, 0.4) is 0 Å². The Morgan fingerprint density at radius 2 is 2.12 bits per heavy atom. The highest BCUT2D eigenvalue weighted by Crippen LogP contribution is 2.25. The Morgan fingerprint density at radius 3 is 2.56 bits per heavy atom. The van der Waals surface area contributed by atoms with Crippen LogP contribution in [0.2, 0.25) is 0 Å². The van der Waals surface area contributed by atoms with Crippen molar-refractivity contribution in [3.8, 4) is 5.88 Å². The standard InChI is InChI=1S/C8H6BrF3N2O2/c1-16-5-3-2-4(6(9)14-5)13-7(15)8(10,11)12/h2-3H,1H3,(H,13,15). The van der Waals surface area contributed by atoms with Gasteiger partial charge in [0.15, 0.2) is 0 Å². The van der Waals surface area contributed by atoms with Gasteiger partial charge in [-0.1, -0.05) is 0 Å². The molecule has 0 radical (unpaired) electrons. The van der Waals surface area contributed by atoms with Crippen molar-refractivity contribution in [2.45, 2.75) is 6.18 Å². The summed E-state index contributed by atoms with van der Waals surface area (Å²) in [6.45, 7) is 0. The molecule has 16 heavy (non-hydrogen) atoms. The van der Waals surface area contributed by atoms with Crippen molar-refractivity contribution in [2.24, 2.45) is 0 Å². The summed E-state index contributed by atoms with van der Waals surface area (Å²) in [5.74, 6) is -1.84. The molecule has 1 heterocycles. The van der Waals surface area contributed by atoms with Gasteiger partial charge in [-0.2, -0.15) is 13.2 Å². The Bertz CT molecular complexity index is 409. The summed E-state index contributed by atoms with van der Waals surface area (Å²) in [4.78, 5) is 14.4. The van der Waals surface area contributed by atoms with Crippen LogP contribution in [0, 0.1) is 0 Å². The number of carbonyl (C=O) groups excluding carboxylic acids is 1. The molecule has 1 aromatic rings. The van der Waals surface area contributed by atoms with E-state index in [-0.39, 0.29) is 16.2 Å². The number of nitrogens with zero attached hydrogens (tertiary/aromatic N) is 1. The summed E-state index contributed by atoms with van der Waals surface area (Å²) >= 11 is 2.91. The molecule has 0 aliphatic rings. The highest BCUT2D eigenvalue weighted by molar-refractivity contribution is 9.10. The Morgan fingerprint density at radius 1 is 1.50 bits per heavy atom. The topological polar surface area (TPSA) is 51.2 Å². The van der Waals surface area contributed by atoms with Crippen molar-refractivity contribution < 1.29 is 22.7 Å². The van der Waals surface area contributed by atoms with Gasteiger partial charge < -0.3 is 10.1 Å². The van der Waals surface area contributed by atoms with Crippen LogP contribution in [-0.4, -0.2) is 24.2 Å². The number of carbonyl (C=O) groups is 1.